The second-order valence-corrected chi connectivity index (χ2v) is 14.8. The highest BCUT2D eigenvalue weighted by Crippen LogP contribution is 2.57. The van der Waals surface area contributed by atoms with Crippen LogP contribution in [0.25, 0.3) is 43.1 Å². The van der Waals surface area contributed by atoms with Crippen molar-refractivity contribution in [3.05, 3.63) is 68.8 Å². The van der Waals surface area contributed by atoms with E-state index in [1.165, 1.54) is 0 Å². The van der Waals surface area contributed by atoms with Crippen molar-refractivity contribution in [2.45, 2.75) is 60.7 Å². The minimum Gasteiger partial charge on any atom is -0.269 e. The number of carbonyl (C=O) groups excluding carboxylic acids is 4. The Labute approximate surface area is 352 Å². The van der Waals surface area contributed by atoms with E-state index in [1.807, 2.05) is 0 Å². The van der Waals surface area contributed by atoms with Crippen LogP contribution in [0.2, 0.25) is 0 Å². The summed E-state index contributed by atoms with van der Waals surface area (Å²) in [5.41, 5.74) is -20.9. The van der Waals surface area contributed by atoms with Crippen LogP contribution in [0.4, 0.5) is 114 Å². The largest absolute Gasteiger partial charge is 0.459 e. The van der Waals surface area contributed by atoms with Gasteiger partial charge in [0.1, 0.15) is 0 Å². The number of imide groups is 2. The van der Waals surface area contributed by atoms with E-state index < -0.39 is 219 Å². The lowest BCUT2D eigenvalue weighted by Gasteiger charge is -2.36. The molecule has 0 N–H and O–H groups in total. The molecule has 2 heterocycles. The molecule has 368 valence electrons. The van der Waals surface area contributed by atoms with Crippen LogP contribution in [0.5, 0.6) is 0 Å². The van der Waals surface area contributed by atoms with E-state index in [9.17, 15) is 107 Å². The van der Waals surface area contributed by atoms with Gasteiger partial charge in [0.25, 0.3) is 23.6 Å². The molecule has 0 aliphatic carbocycles. The molecule has 0 unspecified atom stereocenters. The van der Waals surface area contributed by atoms with Gasteiger partial charge in [-0.15, -0.1) is 0 Å². The molecule has 6 nitrogen and oxygen atoms in total. The molecule has 0 aromatic heterocycles. The molecular weight excluding hydrogens is 1020 g/mol. The van der Waals surface area contributed by atoms with E-state index in [4.69, 9.17) is 0 Å². The van der Waals surface area contributed by atoms with Gasteiger partial charge in [-0.2, -0.15) is 114 Å². The lowest BCUT2D eigenvalue weighted by molar-refractivity contribution is -0.354. The lowest BCUT2D eigenvalue weighted by atomic mass is 9.77. The van der Waals surface area contributed by atoms with Gasteiger partial charge in [-0.3, -0.25) is 29.0 Å². The standard InChI is InChI=1S/C36H8F26N2O4/c37-27(38,33(53,54)35(57,58)59)5-63-23(65)9-3-11(29(41,42)43)17-7-1-13(31(47,48)49)19-22-15(7)8(18-12(30(44,45)46)4-10(24(63)66)16(9)21(17)18)2-14(32(50,51)52)20(22)26(68)64(25(19)67)6-28(39,40)34(55,56)36(60,61)62/h1-4H,5-6H2. The molecule has 0 spiro atoms. The topological polar surface area (TPSA) is 74.8 Å². The summed E-state index contributed by atoms with van der Waals surface area (Å²) >= 11 is 0. The zero-order chi connectivity index (χ0) is 51.9. The Morgan fingerprint density at radius 3 is 0.897 bits per heavy atom. The van der Waals surface area contributed by atoms with Gasteiger partial charge < -0.3 is 0 Å². The summed E-state index contributed by atoms with van der Waals surface area (Å²) in [6.45, 7) is -7.19. The number of amides is 4. The zero-order valence-corrected chi connectivity index (χ0v) is 31.1. The van der Waals surface area contributed by atoms with Crippen molar-refractivity contribution in [1.82, 2.24) is 9.80 Å². The normalized spacial score (nSPS) is 16.6. The monoisotopic (exact) mass is 1030 g/mol. The fraction of sp³-hybridized carbons (Fsp3) is 0.333. The first-order valence-corrected chi connectivity index (χ1v) is 17.3. The maximum absolute atomic E-state index is 15.2. The highest BCUT2D eigenvalue weighted by molar-refractivity contribution is 6.43. The molecular formula is C36H8F26N2O4. The van der Waals surface area contributed by atoms with Crippen LogP contribution < -0.4 is 0 Å². The Morgan fingerprint density at radius 1 is 0.324 bits per heavy atom. The highest BCUT2D eigenvalue weighted by Gasteiger charge is 2.75. The number of alkyl halides is 26. The third-order valence-corrected chi connectivity index (χ3v) is 10.8. The van der Waals surface area contributed by atoms with Gasteiger partial charge in [-0.25, -0.2) is 0 Å². The van der Waals surface area contributed by atoms with Gasteiger partial charge in [0.05, 0.1) is 46.5 Å². The molecule has 0 saturated heterocycles. The van der Waals surface area contributed by atoms with E-state index in [0.717, 1.165) is 0 Å². The summed E-state index contributed by atoms with van der Waals surface area (Å²) in [5.74, 6) is -39.9. The van der Waals surface area contributed by atoms with Gasteiger partial charge >= 0.3 is 60.7 Å². The summed E-state index contributed by atoms with van der Waals surface area (Å²) in [5, 5.41) is -16.4. The van der Waals surface area contributed by atoms with Crippen LogP contribution in [0.3, 0.4) is 0 Å². The number of halogens is 26. The predicted octanol–water partition coefficient (Wildman–Crippen LogP) is 12.7. The SMILES string of the molecule is O=C1c2c(C(F)(F)F)cc3c4c(C(F)(F)F)cc5c6c(cc(C(F)(F)F)c(c7cc(C(F)(F)F)c(c2c37)C(=O)N1CC(F)(F)C(F)(F)C(F)(F)F)c64)C(=O)N(CC(F)(F)C(F)(F)C(F)(F)F)C5=O. The predicted molar refractivity (Wildman–Crippen MR) is 170 cm³/mol. The first kappa shape index (κ1) is 49.8. The molecule has 0 saturated carbocycles. The number of hydrogen-bond acceptors (Lipinski definition) is 4. The van der Waals surface area contributed by atoms with Crippen molar-refractivity contribution < 1.29 is 133 Å². The van der Waals surface area contributed by atoms with Gasteiger partial charge in [0.15, 0.2) is 0 Å². The van der Waals surface area contributed by atoms with Gasteiger partial charge in [0, 0.05) is 38.1 Å². The van der Waals surface area contributed by atoms with Crippen molar-refractivity contribution in [2.24, 2.45) is 0 Å². The van der Waals surface area contributed by atoms with E-state index in [0.29, 0.717) is 0 Å². The Morgan fingerprint density at radius 2 is 0.618 bits per heavy atom. The van der Waals surface area contributed by atoms with Crippen molar-refractivity contribution in [3.63, 3.8) is 0 Å². The third kappa shape index (κ3) is 6.71. The number of rotatable bonds is 6. The number of hydrogen-bond donors (Lipinski definition) is 0. The zero-order valence-electron chi connectivity index (χ0n) is 31.1. The Kier molecular flexibility index (Phi) is 10.1. The molecule has 32 heteroatoms. The van der Waals surface area contributed by atoms with Crippen molar-refractivity contribution >= 4 is 66.7 Å². The fourth-order valence-corrected chi connectivity index (χ4v) is 7.94. The van der Waals surface area contributed by atoms with E-state index in [-0.39, 0.29) is 0 Å². The minimum absolute atomic E-state index is 0.685. The number of fused-ring (bicyclic) bond motifs is 2. The molecule has 2 aliphatic rings. The average molecular weight is 1030 g/mol. The maximum Gasteiger partial charge on any atom is 0.459 e. The van der Waals surface area contributed by atoms with Gasteiger partial charge in [0.2, 0.25) is 0 Å². The Bertz CT molecular complexity index is 2920. The molecule has 5 aromatic rings. The summed E-state index contributed by atoms with van der Waals surface area (Å²) < 4.78 is 373. The van der Waals surface area contributed by atoms with Crippen LogP contribution in [-0.2, 0) is 24.7 Å². The van der Waals surface area contributed by atoms with Crippen LogP contribution in [0.1, 0.15) is 63.7 Å². The first-order valence-electron chi connectivity index (χ1n) is 17.3. The lowest BCUT2D eigenvalue weighted by Crippen LogP contribution is -2.59. The van der Waals surface area contributed by atoms with Crippen molar-refractivity contribution in [1.29, 1.82) is 0 Å². The summed E-state index contributed by atoms with van der Waals surface area (Å²) in [4.78, 5) is 51.3. The number of carbonyl (C=O) groups is 4. The van der Waals surface area contributed by atoms with Crippen LogP contribution in [-0.4, -0.2) is 82.6 Å². The molecule has 4 amide bonds. The van der Waals surface area contributed by atoms with Gasteiger partial charge in [-0.05, 0) is 40.4 Å². The molecule has 0 atom stereocenters. The maximum atomic E-state index is 15.2. The van der Waals surface area contributed by atoms with Crippen LogP contribution in [0.15, 0.2) is 24.3 Å². The smallest absolute Gasteiger partial charge is 0.269 e. The second-order valence-electron chi connectivity index (χ2n) is 14.8. The average Bonchev–Trinajstić information content (AvgIpc) is 3.15. The summed E-state index contributed by atoms with van der Waals surface area (Å²) in [6, 6.07) is -2.87. The highest BCUT2D eigenvalue weighted by atomic mass is 19.4. The minimum atomic E-state index is -7.36. The first-order chi connectivity index (χ1) is 30.3. The molecule has 2 aliphatic heterocycles. The molecule has 7 rings (SSSR count). The van der Waals surface area contributed by atoms with Crippen LogP contribution >= 0.6 is 0 Å². The summed E-state index contributed by atoms with van der Waals surface area (Å²) in [7, 11) is 0. The van der Waals surface area contributed by atoms with Crippen molar-refractivity contribution in [3.8, 4) is 0 Å². The Hall–Kier alpha value is -6.14. The molecule has 0 bridgehead atoms. The third-order valence-electron chi connectivity index (χ3n) is 10.8. The van der Waals surface area contributed by atoms with E-state index in [1.54, 1.807) is 0 Å². The molecule has 5 aromatic carbocycles. The van der Waals surface area contributed by atoms with Gasteiger partial charge in [-0.1, -0.05) is 0 Å². The second kappa shape index (κ2) is 13.8. The quantitative estimate of drug-likeness (QED) is 0.0735. The Balaban J connectivity index is 1.73. The van der Waals surface area contributed by atoms with E-state index >= 15 is 26.3 Å². The molecule has 68 heavy (non-hydrogen) atoms. The number of nitrogens with zero attached hydrogens (tertiary/aromatic N) is 2. The fourth-order valence-electron chi connectivity index (χ4n) is 7.94. The van der Waals surface area contributed by atoms with Crippen molar-refractivity contribution in [2.75, 3.05) is 13.1 Å². The van der Waals surface area contributed by atoms with E-state index in [2.05, 4.69) is 0 Å². The molecule has 0 fully saturated rings. The summed E-state index contributed by atoms with van der Waals surface area (Å²) in [6.07, 6.45) is -40.3. The molecule has 0 radical (unpaired) electrons. The number of benzene rings is 5. The van der Waals surface area contributed by atoms with Crippen LogP contribution in [0, 0.1) is 0 Å².